The van der Waals surface area contributed by atoms with Crippen molar-refractivity contribution < 1.29 is 8.78 Å². The van der Waals surface area contributed by atoms with E-state index < -0.39 is 17.7 Å². The summed E-state index contributed by atoms with van der Waals surface area (Å²) in [5.41, 5.74) is 6.44. The maximum absolute atomic E-state index is 13.6. The normalized spacial score (nSPS) is 12.4. The topological polar surface area (TPSA) is 71.8 Å². The van der Waals surface area contributed by atoms with E-state index in [0.29, 0.717) is 16.6 Å². The average Bonchev–Trinajstić information content (AvgIpc) is 2.35. The van der Waals surface area contributed by atoms with Crippen LogP contribution in [0.5, 0.6) is 0 Å². The van der Waals surface area contributed by atoms with Gasteiger partial charge in [0.2, 0.25) is 0 Å². The van der Waals surface area contributed by atoms with Gasteiger partial charge in [-0.15, -0.1) is 0 Å². The Bertz CT molecular complexity index is 675. The Morgan fingerprint density at radius 2 is 2.15 bits per heavy atom. The van der Waals surface area contributed by atoms with E-state index in [4.69, 9.17) is 5.73 Å². The molecule has 1 aromatic carbocycles. The number of benzene rings is 1. The standard InChI is InChI=1S/C13H13F2N3OS/c1-7-4-12(19)18-13(17-7)20-6-11(16)9-3-2-8(14)5-10(9)15/h2-5,11H,6,16H2,1H3,(H,17,18,19). The zero-order chi connectivity index (χ0) is 14.7. The molecule has 106 valence electrons. The Hall–Kier alpha value is -1.73. The van der Waals surface area contributed by atoms with E-state index >= 15 is 0 Å². The van der Waals surface area contributed by atoms with Gasteiger partial charge in [-0.3, -0.25) is 4.79 Å². The lowest BCUT2D eigenvalue weighted by molar-refractivity contribution is 0.563. The molecule has 1 atom stereocenters. The first-order chi connectivity index (χ1) is 9.45. The maximum atomic E-state index is 13.6. The molecule has 7 heteroatoms. The third-order valence-electron chi connectivity index (χ3n) is 2.61. The van der Waals surface area contributed by atoms with E-state index in [2.05, 4.69) is 9.97 Å². The molecular weight excluding hydrogens is 284 g/mol. The van der Waals surface area contributed by atoms with Gasteiger partial charge in [0, 0.05) is 35.2 Å². The van der Waals surface area contributed by atoms with Crippen molar-refractivity contribution in [3.63, 3.8) is 0 Å². The first kappa shape index (κ1) is 14.7. The lowest BCUT2D eigenvalue weighted by Gasteiger charge is -2.12. The van der Waals surface area contributed by atoms with Crippen molar-refractivity contribution in [2.75, 3.05) is 5.75 Å². The summed E-state index contributed by atoms with van der Waals surface area (Å²) >= 11 is 1.21. The van der Waals surface area contributed by atoms with Gasteiger partial charge in [0.05, 0.1) is 0 Å². The summed E-state index contributed by atoms with van der Waals surface area (Å²) in [6, 6.07) is 4.04. The van der Waals surface area contributed by atoms with Gasteiger partial charge in [0.15, 0.2) is 5.16 Å². The molecule has 2 rings (SSSR count). The number of halogens is 2. The summed E-state index contributed by atoms with van der Waals surface area (Å²) in [4.78, 5) is 18.0. The predicted molar refractivity (Wildman–Crippen MR) is 73.6 cm³/mol. The molecule has 1 unspecified atom stereocenters. The number of nitrogens with two attached hydrogens (primary N) is 1. The smallest absolute Gasteiger partial charge is 0.251 e. The number of hydrogen-bond donors (Lipinski definition) is 2. The van der Waals surface area contributed by atoms with Gasteiger partial charge >= 0.3 is 0 Å². The number of thioether (sulfide) groups is 1. The van der Waals surface area contributed by atoms with Crippen molar-refractivity contribution in [3.05, 3.63) is 57.5 Å². The van der Waals surface area contributed by atoms with Crippen LogP contribution in [0.2, 0.25) is 0 Å². The van der Waals surface area contributed by atoms with Crippen molar-refractivity contribution in [3.8, 4) is 0 Å². The number of aromatic amines is 1. The van der Waals surface area contributed by atoms with Crippen LogP contribution in [0.3, 0.4) is 0 Å². The minimum atomic E-state index is -0.677. The Morgan fingerprint density at radius 3 is 2.80 bits per heavy atom. The van der Waals surface area contributed by atoms with Crippen LogP contribution < -0.4 is 11.3 Å². The molecule has 0 spiro atoms. The second-order valence-corrected chi connectivity index (χ2v) is 5.28. The van der Waals surface area contributed by atoms with Crippen LogP contribution in [-0.2, 0) is 0 Å². The number of hydrogen-bond acceptors (Lipinski definition) is 4. The van der Waals surface area contributed by atoms with Crippen molar-refractivity contribution >= 4 is 11.8 Å². The van der Waals surface area contributed by atoms with Crippen LogP contribution in [0, 0.1) is 18.6 Å². The molecular formula is C13H13F2N3OS. The van der Waals surface area contributed by atoms with E-state index in [1.165, 1.54) is 23.9 Å². The summed E-state index contributed by atoms with van der Waals surface area (Å²) in [5, 5.41) is 0.424. The third-order valence-corrected chi connectivity index (χ3v) is 3.60. The highest BCUT2D eigenvalue weighted by Gasteiger charge is 2.13. The largest absolute Gasteiger partial charge is 0.323 e. The molecule has 3 N–H and O–H groups in total. The first-order valence-corrected chi connectivity index (χ1v) is 6.85. The molecule has 0 saturated heterocycles. The molecule has 4 nitrogen and oxygen atoms in total. The lowest BCUT2D eigenvalue weighted by Crippen LogP contribution is -2.16. The Morgan fingerprint density at radius 1 is 1.40 bits per heavy atom. The number of H-pyrrole nitrogens is 1. The molecule has 0 aliphatic carbocycles. The average molecular weight is 297 g/mol. The van der Waals surface area contributed by atoms with Crippen LogP contribution in [-0.4, -0.2) is 15.7 Å². The molecule has 0 amide bonds. The van der Waals surface area contributed by atoms with Gasteiger partial charge < -0.3 is 10.7 Å². The Balaban J connectivity index is 2.08. The van der Waals surface area contributed by atoms with Crippen molar-refractivity contribution in [2.24, 2.45) is 5.73 Å². The number of aromatic nitrogens is 2. The van der Waals surface area contributed by atoms with E-state index in [1.54, 1.807) is 6.92 Å². The van der Waals surface area contributed by atoms with E-state index in [9.17, 15) is 13.6 Å². The second kappa shape index (κ2) is 6.15. The summed E-state index contributed by atoms with van der Waals surface area (Å²) < 4.78 is 26.4. The van der Waals surface area contributed by atoms with E-state index in [-0.39, 0.29) is 11.1 Å². The fourth-order valence-corrected chi connectivity index (χ4v) is 2.58. The molecule has 0 bridgehead atoms. The minimum absolute atomic E-state index is 0.230. The zero-order valence-electron chi connectivity index (χ0n) is 10.7. The Labute approximate surface area is 118 Å². The van der Waals surface area contributed by atoms with Gasteiger partial charge in [-0.05, 0) is 13.0 Å². The third kappa shape index (κ3) is 3.64. The maximum Gasteiger partial charge on any atom is 0.251 e. The molecule has 0 radical (unpaired) electrons. The van der Waals surface area contributed by atoms with Crippen molar-refractivity contribution in [1.29, 1.82) is 0 Å². The fraction of sp³-hybridized carbons (Fsp3) is 0.231. The van der Waals surface area contributed by atoms with Crippen LogP contribution in [0.25, 0.3) is 0 Å². The number of rotatable bonds is 4. The second-order valence-electron chi connectivity index (χ2n) is 4.28. The highest BCUT2D eigenvalue weighted by Crippen LogP contribution is 2.22. The van der Waals surface area contributed by atoms with E-state index in [0.717, 1.165) is 12.1 Å². The van der Waals surface area contributed by atoms with Gasteiger partial charge in [-0.2, -0.15) is 0 Å². The molecule has 0 fully saturated rings. The number of nitrogens with zero attached hydrogens (tertiary/aromatic N) is 1. The monoisotopic (exact) mass is 297 g/mol. The lowest BCUT2D eigenvalue weighted by atomic mass is 10.1. The molecule has 1 aromatic heterocycles. The zero-order valence-corrected chi connectivity index (χ0v) is 11.5. The molecule has 20 heavy (non-hydrogen) atoms. The highest BCUT2D eigenvalue weighted by molar-refractivity contribution is 7.99. The molecule has 0 aliphatic rings. The minimum Gasteiger partial charge on any atom is -0.323 e. The van der Waals surface area contributed by atoms with Crippen LogP contribution in [0.4, 0.5) is 8.78 Å². The molecule has 1 heterocycles. The fourth-order valence-electron chi connectivity index (χ4n) is 1.68. The van der Waals surface area contributed by atoms with Crippen LogP contribution in [0.1, 0.15) is 17.3 Å². The highest BCUT2D eigenvalue weighted by atomic mass is 32.2. The summed E-state index contributed by atoms with van der Waals surface area (Å²) in [6.07, 6.45) is 0. The molecule has 2 aromatic rings. The summed E-state index contributed by atoms with van der Waals surface area (Å²) in [7, 11) is 0. The number of nitrogens with one attached hydrogen (secondary N) is 1. The van der Waals surface area contributed by atoms with Gasteiger partial charge in [-0.25, -0.2) is 13.8 Å². The SMILES string of the molecule is Cc1cc(=O)[nH]c(SCC(N)c2ccc(F)cc2F)n1. The van der Waals surface area contributed by atoms with Crippen molar-refractivity contribution in [1.82, 2.24) is 9.97 Å². The van der Waals surface area contributed by atoms with Gasteiger partial charge in [0.1, 0.15) is 11.6 Å². The first-order valence-electron chi connectivity index (χ1n) is 5.87. The van der Waals surface area contributed by atoms with Gasteiger partial charge in [0.25, 0.3) is 5.56 Å². The van der Waals surface area contributed by atoms with E-state index in [1.807, 2.05) is 0 Å². The molecule has 0 aliphatic heterocycles. The Kier molecular flexibility index (Phi) is 4.51. The van der Waals surface area contributed by atoms with Crippen molar-refractivity contribution in [2.45, 2.75) is 18.1 Å². The quantitative estimate of drug-likeness (QED) is 0.670. The van der Waals surface area contributed by atoms with Gasteiger partial charge in [-0.1, -0.05) is 17.8 Å². The summed E-state index contributed by atoms with van der Waals surface area (Å²) in [6.45, 7) is 1.71. The number of aryl methyl sites for hydroxylation is 1. The van der Waals surface area contributed by atoms with Crippen LogP contribution in [0.15, 0.2) is 34.2 Å². The molecule has 0 saturated carbocycles. The summed E-state index contributed by atoms with van der Waals surface area (Å²) in [5.74, 6) is -1.01. The van der Waals surface area contributed by atoms with Crippen LogP contribution >= 0.6 is 11.8 Å². The predicted octanol–water partition coefficient (Wildman–Crippen LogP) is 2.15.